The Bertz CT molecular complexity index is 1120. The van der Waals surface area contributed by atoms with Crippen LogP contribution in [-0.2, 0) is 6.54 Å². The predicted molar refractivity (Wildman–Crippen MR) is 108 cm³/mol. The summed E-state index contributed by atoms with van der Waals surface area (Å²) in [5.74, 6) is -0.270. The molecular formula is C21H18F2N4O4. The molecule has 8 nitrogen and oxygen atoms in total. The number of para-hydroxylation sites is 1. The summed E-state index contributed by atoms with van der Waals surface area (Å²) in [7, 11) is 0. The lowest BCUT2D eigenvalue weighted by molar-refractivity contribution is 0.0820. The molecule has 0 spiro atoms. The van der Waals surface area contributed by atoms with Gasteiger partial charge in [-0.2, -0.15) is 0 Å². The van der Waals surface area contributed by atoms with Crippen molar-refractivity contribution in [2.45, 2.75) is 13.0 Å². The van der Waals surface area contributed by atoms with Crippen molar-refractivity contribution in [2.75, 3.05) is 18.5 Å². The molecule has 0 saturated heterocycles. The summed E-state index contributed by atoms with van der Waals surface area (Å²) in [6.07, 6.45) is -1.09. The molecule has 3 N–H and O–H groups in total. The van der Waals surface area contributed by atoms with Crippen molar-refractivity contribution in [2.24, 2.45) is 0 Å². The molecule has 0 atom stereocenters. The number of aromatic nitrogens is 2. The van der Waals surface area contributed by atoms with E-state index in [1.54, 1.807) is 18.2 Å². The summed E-state index contributed by atoms with van der Waals surface area (Å²) in [6, 6.07) is 10.7. The number of carbonyl (C=O) groups is 2. The van der Waals surface area contributed by atoms with Crippen LogP contribution in [0.15, 0.2) is 48.8 Å². The predicted octanol–water partition coefficient (Wildman–Crippen LogP) is 4.14. The number of H-pyrrole nitrogens is 1. The number of ether oxygens (including phenoxy) is 1. The fourth-order valence-electron chi connectivity index (χ4n) is 3.46. The topological polar surface area (TPSA) is 108 Å². The first-order valence-electron chi connectivity index (χ1n) is 9.37. The first-order chi connectivity index (χ1) is 14.9. The van der Waals surface area contributed by atoms with Crippen LogP contribution in [0.1, 0.15) is 16.1 Å². The van der Waals surface area contributed by atoms with Crippen LogP contribution in [0.4, 0.5) is 25.0 Å². The van der Waals surface area contributed by atoms with E-state index in [2.05, 4.69) is 15.3 Å². The molecule has 3 aromatic rings. The van der Waals surface area contributed by atoms with Crippen molar-refractivity contribution in [3.8, 4) is 17.0 Å². The number of benzene rings is 1. The number of pyridine rings is 1. The average molecular weight is 428 g/mol. The van der Waals surface area contributed by atoms with Gasteiger partial charge in [0.25, 0.3) is 6.43 Å². The molecule has 0 unspecified atom stereocenters. The van der Waals surface area contributed by atoms with Gasteiger partial charge in [-0.05, 0) is 18.2 Å². The van der Waals surface area contributed by atoms with Crippen LogP contribution in [0.3, 0.4) is 0 Å². The van der Waals surface area contributed by atoms with Gasteiger partial charge in [0, 0.05) is 23.1 Å². The van der Waals surface area contributed by atoms with Crippen molar-refractivity contribution >= 4 is 23.3 Å². The second-order valence-electron chi connectivity index (χ2n) is 6.86. The Morgan fingerprint density at radius 2 is 2.03 bits per heavy atom. The first kappa shape index (κ1) is 20.3. The van der Waals surface area contributed by atoms with E-state index < -0.39 is 19.1 Å². The second-order valence-corrected chi connectivity index (χ2v) is 6.86. The van der Waals surface area contributed by atoms with Gasteiger partial charge in [0.15, 0.2) is 5.78 Å². The SMILES string of the molecule is O=C1CN(C(=O)O)Cc2[nH]c(-c3ccncc3OCC(F)F)c(Nc3ccccc3)c21. The largest absolute Gasteiger partial charge is 0.485 e. The number of anilines is 2. The van der Waals surface area contributed by atoms with E-state index in [1.807, 2.05) is 18.2 Å². The summed E-state index contributed by atoms with van der Waals surface area (Å²) in [6.45, 7) is -1.11. The number of nitrogens with one attached hydrogen (secondary N) is 2. The average Bonchev–Trinajstić information content (AvgIpc) is 3.11. The van der Waals surface area contributed by atoms with Gasteiger partial charge in [0.05, 0.1) is 36.2 Å². The molecule has 10 heteroatoms. The number of rotatable bonds is 6. The Morgan fingerprint density at radius 1 is 1.26 bits per heavy atom. The van der Waals surface area contributed by atoms with Crippen LogP contribution in [0, 0.1) is 0 Å². The molecule has 1 amide bonds. The number of amides is 1. The van der Waals surface area contributed by atoms with Crippen LogP contribution in [-0.4, -0.2) is 51.4 Å². The Morgan fingerprint density at radius 3 is 2.74 bits per heavy atom. The fraction of sp³-hybridized carbons (Fsp3) is 0.190. The molecule has 2 aromatic heterocycles. The lowest BCUT2D eigenvalue weighted by atomic mass is 10.0. The quantitative estimate of drug-likeness (QED) is 0.545. The smallest absolute Gasteiger partial charge is 0.408 e. The van der Waals surface area contributed by atoms with Crippen LogP contribution < -0.4 is 10.1 Å². The Balaban J connectivity index is 1.84. The third-order valence-corrected chi connectivity index (χ3v) is 4.77. The number of fused-ring (bicyclic) bond motifs is 1. The zero-order valence-corrected chi connectivity index (χ0v) is 16.1. The Labute approximate surface area is 175 Å². The number of alkyl halides is 2. The zero-order valence-electron chi connectivity index (χ0n) is 16.1. The molecule has 4 rings (SSSR count). The van der Waals surface area contributed by atoms with Gasteiger partial charge in [-0.1, -0.05) is 18.2 Å². The number of hydrogen-bond acceptors (Lipinski definition) is 5. The standard InChI is InChI=1S/C21H18F2N4O4/c22-17(23)11-31-16-8-24-7-6-13(16)19-20(25-12-4-2-1-3-5-12)18-14(26-19)9-27(21(29)30)10-15(18)28/h1-8,17,25-26H,9-11H2,(H,29,30). The van der Waals surface area contributed by atoms with E-state index in [0.29, 0.717) is 33.9 Å². The van der Waals surface area contributed by atoms with E-state index >= 15 is 0 Å². The third-order valence-electron chi connectivity index (χ3n) is 4.77. The molecule has 1 aromatic carbocycles. The molecule has 0 saturated carbocycles. The van der Waals surface area contributed by atoms with Gasteiger partial charge in [-0.25, -0.2) is 13.6 Å². The highest BCUT2D eigenvalue weighted by atomic mass is 19.3. The molecular weight excluding hydrogens is 410 g/mol. The molecule has 3 heterocycles. The van der Waals surface area contributed by atoms with E-state index in [1.165, 1.54) is 12.4 Å². The van der Waals surface area contributed by atoms with Crippen LogP contribution in [0.5, 0.6) is 5.75 Å². The maximum atomic E-state index is 12.8. The molecule has 1 aliphatic rings. The molecule has 0 aliphatic carbocycles. The maximum Gasteiger partial charge on any atom is 0.408 e. The minimum Gasteiger partial charge on any atom is -0.485 e. The van der Waals surface area contributed by atoms with Crippen LogP contribution in [0.25, 0.3) is 11.3 Å². The molecule has 0 fully saturated rings. The summed E-state index contributed by atoms with van der Waals surface area (Å²) in [4.78, 5) is 32.3. The minimum absolute atomic E-state index is 0.0157. The van der Waals surface area contributed by atoms with E-state index in [0.717, 1.165) is 4.90 Å². The number of halogens is 2. The molecule has 0 bridgehead atoms. The normalized spacial score (nSPS) is 13.3. The van der Waals surface area contributed by atoms with Crippen molar-refractivity contribution < 1.29 is 28.2 Å². The number of nitrogens with zero attached hydrogens (tertiary/aromatic N) is 2. The zero-order chi connectivity index (χ0) is 22.0. The lowest BCUT2D eigenvalue weighted by Crippen LogP contribution is -2.38. The Hall–Kier alpha value is -3.95. The first-order valence-corrected chi connectivity index (χ1v) is 9.37. The highest BCUT2D eigenvalue weighted by Gasteiger charge is 2.33. The van der Waals surface area contributed by atoms with Crippen molar-refractivity contribution in [3.63, 3.8) is 0 Å². The van der Waals surface area contributed by atoms with Gasteiger partial charge in [-0.3, -0.25) is 14.7 Å². The number of aromatic amines is 1. The van der Waals surface area contributed by atoms with Crippen molar-refractivity contribution in [1.29, 1.82) is 0 Å². The molecule has 31 heavy (non-hydrogen) atoms. The lowest BCUT2D eigenvalue weighted by Gasteiger charge is -2.23. The van der Waals surface area contributed by atoms with Crippen molar-refractivity contribution in [3.05, 3.63) is 60.0 Å². The monoisotopic (exact) mass is 428 g/mol. The number of carbonyl (C=O) groups excluding carboxylic acids is 1. The number of Topliss-reactive ketones (excluding diaryl/α,β-unsaturated/α-hetero) is 1. The Kier molecular flexibility index (Phi) is 5.52. The van der Waals surface area contributed by atoms with Gasteiger partial charge in [-0.15, -0.1) is 0 Å². The van der Waals surface area contributed by atoms with Crippen LogP contribution >= 0.6 is 0 Å². The number of ketones is 1. The van der Waals surface area contributed by atoms with Crippen molar-refractivity contribution in [1.82, 2.24) is 14.9 Å². The molecule has 1 aliphatic heterocycles. The minimum atomic E-state index is -2.67. The van der Waals surface area contributed by atoms with Gasteiger partial charge >= 0.3 is 6.09 Å². The summed E-state index contributed by atoms with van der Waals surface area (Å²) >= 11 is 0. The fourth-order valence-corrected chi connectivity index (χ4v) is 3.46. The van der Waals surface area contributed by atoms with E-state index in [-0.39, 0.29) is 24.6 Å². The highest BCUT2D eigenvalue weighted by molar-refractivity contribution is 6.09. The second kappa shape index (κ2) is 8.42. The third kappa shape index (κ3) is 4.18. The van der Waals surface area contributed by atoms with E-state index in [9.17, 15) is 23.5 Å². The van der Waals surface area contributed by atoms with E-state index in [4.69, 9.17) is 4.74 Å². The summed E-state index contributed by atoms with van der Waals surface area (Å²) < 4.78 is 30.6. The highest BCUT2D eigenvalue weighted by Crippen LogP contribution is 2.41. The summed E-state index contributed by atoms with van der Waals surface area (Å²) in [5.41, 5.74) is 2.68. The molecule has 0 radical (unpaired) electrons. The molecule has 160 valence electrons. The van der Waals surface area contributed by atoms with Crippen LogP contribution in [0.2, 0.25) is 0 Å². The van der Waals surface area contributed by atoms with Gasteiger partial charge in [0.1, 0.15) is 12.4 Å². The van der Waals surface area contributed by atoms with Gasteiger partial charge in [0.2, 0.25) is 0 Å². The summed E-state index contributed by atoms with van der Waals surface area (Å²) in [5, 5.41) is 12.5. The van der Waals surface area contributed by atoms with Gasteiger partial charge < -0.3 is 20.1 Å². The number of hydrogen-bond donors (Lipinski definition) is 3. The maximum absolute atomic E-state index is 12.8. The number of carboxylic acid groups (broad SMARTS) is 1.